The zero-order valence-corrected chi connectivity index (χ0v) is 18.8. The van der Waals surface area contributed by atoms with Crippen molar-refractivity contribution in [3.05, 3.63) is 70.8 Å². The van der Waals surface area contributed by atoms with Crippen LogP contribution in [0.2, 0.25) is 0 Å². The Hall–Kier alpha value is -3.52. The number of hydrogen-bond acceptors (Lipinski definition) is 5. The van der Waals surface area contributed by atoms with Crippen molar-refractivity contribution in [3.8, 4) is 0 Å². The number of urea groups is 1. The molecule has 1 spiro atoms. The Bertz CT molecular complexity index is 1020. The van der Waals surface area contributed by atoms with E-state index in [0.29, 0.717) is 31.2 Å². The molecule has 0 radical (unpaired) electrons. The van der Waals surface area contributed by atoms with Gasteiger partial charge in [-0.15, -0.1) is 0 Å². The van der Waals surface area contributed by atoms with Crippen LogP contribution in [0.25, 0.3) is 0 Å². The van der Waals surface area contributed by atoms with E-state index < -0.39 is 17.5 Å². The number of rotatable bonds is 7. The molecule has 0 bridgehead atoms. The highest BCUT2D eigenvalue weighted by atomic mass is 16.2. The van der Waals surface area contributed by atoms with Crippen molar-refractivity contribution < 1.29 is 19.2 Å². The van der Waals surface area contributed by atoms with E-state index in [0.717, 1.165) is 36.9 Å². The molecule has 1 fully saturated rings. The lowest BCUT2D eigenvalue weighted by molar-refractivity contribution is -0.124. The largest absolute Gasteiger partial charge is 0.366 e. The number of nitrogens with two attached hydrogens (primary N) is 1. The summed E-state index contributed by atoms with van der Waals surface area (Å²) in [7, 11) is 2.08. The molecule has 2 aliphatic rings. The molecule has 1 aliphatic carbocycles. The first-order valence-electron chi connectivity index (χ1n) is 11.0. The maximum absolute atomic E-state index is 11.9. The standard InChI is InChI=1S/C13H13N3O3.C12H17NO/c14-10(17)8-1-2-9-6-13(4-3-7(9)5-8)11(18)15-12(19)16-13;1-13(9-5-6-10-14)11-12-7-3-2-4-8-12/h1-2,5H,3-4,6H2,(H2,14,17)(H2,15,16,18,19);2-4,7-8,10H,5-6,9,11H2,1H3. The zero-order valence-electron chi connectivity index (χ0n) is 18.8. The molecule has 174 valence electrons. The quantitative estimate of drug-likeness (QED) is 0.338. The second kappa shape index (κ2) is 10.9. The Kier molecular flexibility index (Phi) is 7.95. The number of carbonyl (C=O) groups is 4. The maximum Gasteiger partial charge on any atom is 0.322 e. The van der Waals surface area contributed by atoms with Crippen LogP contribution in [0, 0.1) is 0 Å². The smallest absolute Gasteiger partial charge is 0.322 e. The SMILES string of the molecule is CN(CCCC=O)Cc1ccccc1.NC(=O)c1ccc2c(c1)CCC1(C2)NC(=O)NC1=O. The summed E-state index contributed by atoms with van der Waals surface area (Å²) in [6.07, 6.45) is 4.20. The summed E-state index contributed by atoms with van der Waals surface area (Å²) < 4.78 is 0. The van der Waals surface area contributed by atoms with E-state index in [2.05, 4.69) is 46.8 Å². The molecule has 4 amide bonds. The number of nitrogens with one attached hydrogen (secondary N) is 2. The maximum atomic E-state index is 11.9. The lowest BCUT2D eigenvalue weighted by atomic mass is 9.77. The predicted molar refractivity (Wildman–Crippen MR) is 124 cm³/mol. The zero-order chi connectivity index (χ0) is 23.8. The van der Waals surface area contributed by atoms with Crippen molar-refractivity contribution in [3.63, 3.8) is 0 Å². The number of benzene rings is 2. The lowest BCUT2D eigenvalue weighted by Gasteiger charge is -2.31. The van der Waals surface area contributed by atoms with Crippen LogP contribution in [-0.2, 0) is 29.0 Å². The molecule has 8 nitrogen and oxygen atoms in total. The number of fused-ring (bicyclic) bond motifs is 1. The van der Waals surface area contributed by atoms with Crippen LogP contribution in [0.15, 0.2) is 48.5 Å². The van der Waals surface area contributed by atoms with Gasteiger partial charge in [0.25, 0.3) is 5.91 Å². The minimum absolute atomic E-state index is 0.276. The number of hydrogen-bond donors (Lipinski definition) is 3. The van der Waals surface area contributed by atoms with Gasteiger partial charge in [0.1, 0.15) is 11.8 Å². The highest BCUT2D eigenvalue weighted by Crippen LogP contribution is 2.31. The summed E-state index contributed by atoms with van der Waals surface area (Å²) in [5.41, 5.74) is 8.17. The normalized spacial score (nSPS) is 18.7. The summed E-state index contributed by atoms with van der Waals surface area (Å²) in [5, 5.41) is 4.98. The number of primary amides is 1. The molecule has 2 aromatic carbocycles. The molecule has 33 heavy (non-hydrogen) atoms. The molecule has 1 unspecified atom stereocenters. The van der Waals surface area contributed by atoms with Gasteiger partial charge in [0.15, 0.2) is 0 Å². The van der Waals surface area contributed by atoms with Crippen molar-refractivity contribution in [2.75, 3.05) is 13.6 Å². The van der Waals surface area contributed by atoms with Gasteiger partial charge in [-0.1, -0.05) is 36.4 Å². The van der Waals surface area contributed by atoms with E-state index in [-0.39, 0.29) is 5.91 Å². The van der Waals surface area contributed by atoms with Gasteiger partial charge in [0.2, 0.25) is 5.91 Å². The second-order valence-corrected chi connectivity index (χ2v) is 8.55. The first kappa shape index (κ1) is 24.1. The van der Waals surface area contributed by atoms with Gasteiger partial charge >= 0.3 is 6.03 Å². The van der Waals surface area contributed by atoms with E-state index in [4.69, 9.17) is 5.73 Å². The second-order valence-electron chi connectivity index (χ2n) is 8.55. The van der Waals surface area contributed by atoms with Gasteiger partial charge in [-0.2, -0.15) is 0 Å². The number of aldehydes is 1. The Morgan fingerprint density at radius 2 is 1.91 bits per heavy atom. The van der Waals surface area contributed by atoms with Crippen LogP contribution in [-0.4, -0.2) is 48.2 Å². The highest BCUT2D eigenvalue weighted by Gasteiger charge is 2.47. The number of imide groups is 1. The average molecular weight is 451 g/mol. The first-order chi connectivity index (χ1) is 15.8. The minimum atomic E-state index is -0.835. The predicted octanol–water partition coefficient (Wildman–Crippen LogP) is 1.95. The number of carbonyl (C=O) groups excluding carboxylic acids is 4. The third kappa shape index (κ3) is 6.26. The minimum Gasteiger partial charge on any atom is -0.366 e. The third-order valence-corrected chi connectivity index (χ3v) is 5.98. The number of nitrogens with zero attached hydrogens (tertiary/aromatic N) is 1. The summed E-state index contributed by atoms with van der Waals surface area (Å²) in [5.74, 6) is -0.739. The fraction of sp³-hybridized carbons (Fsp3) is 0.360. The van der Waals surface area contributed by atoms with Gasteiger partial charge in [-0.25, -0.2) is 4.79 Å². The molecule has 1 aliphatic heterocycles. The molecule has 0 saturated carbocycles. The molecule has 4 rings (SSSR count). The van der Waals surface area contributed by atoms with Gasteiger partial charge in [-0.3, -0.25) is 14.9 Å². The molecule has 1 atom stereocenters. The molecule has 1 heterocycles. The third-order valence-electron chi connectivity index (χ3n) is 5.98. The Morgan fingerprint density at radius 1 is 1.15 bits per heavy atom. The Balaban J connectivity index is 0.000000196. The van der Waals surface area contributed by atoms with Gasteiger partial charge in [0, 0.05) is 24.9 Å². The number of unbranched alkanes of at least 4 members (excludes halogenated alkanes) is 1. The van der Waals surface area contributed by atoms with Gasteiger partial charge in [0.05, 0.1) is 0 Å². The van der Waals surface area contributed by atoms with E-state index >= 15 is 0 Å². The number of amides is 4. The fourth-order valence-electron chi connectivity index (χ4n) is 4.19. The van der Waals surface area contributed by atoms with Crippen molar-refractivity contribution in [1.82, 2.24) is 15.5 Å². The molecule has 8 heteroatoms. The van der Waals surface area contributed by atoms with Crippen molar-refractivity contribution in [2.45, 2.75) is 44.2 Å². The molecule has 0 aromatic heterocycles. The Morgan fingerprint density at radius 3 is 2.55 bits per heavy atom. The van der Waals surface area contributed by atoms with Crippen LogP contribution in [0.1, 0.15) is 46.3 Å². The summed E-state index contributed by atoms with van der Waals surface area (Å²) in [4.78, 5) is 46.6. The summed E-state index contributed by atoms with van der Waals surface area (Å²) in [6.45, 7) is 1.94. The average Bonchev–Trinajstić information content (AvgIpc) is 3.06. The van der Waals surface area contributed by atoms with Crippen LogP contribution in [0.4, 0.5) is 4.79 Å². The number of aryl methyl sites for hydroxylation is 1. The van der Waals surface area contributed by atoms with Crippen LogP contribution < -0.4 is 16.4 Å². The van der Waals surface area contributed by atoms with Crippen molar-refractivity contribution in [2.24, 2.45) is 5.73 Å². The molecular weight excluding hydrogens is 420 g/mol. The van der Waals surface area contributed by atoms with Crippen molar-refractivity contribution in [1.29, 1.82) is 0 Å². The fourth-order valence-corrected chi connectivity index (χ4v) is 4.19. The van der Waals surface area contributed by atoms with Gasteiger partial charge < -0.3 is 20.7 Å². The van der Waals surface area contributed by atoms with Crippen LogP contribution >= 0.6 is 0 Å². The summed E-state index contributed by atoms with van der Waals surface area (Å²) >= 11 is 0. The van der Waals surface area contributed by atoms with E-state index in [9.17, 15) is 19.2 Å². The topological polar surface area (TPSA) is 122 Å². The lowest BCUT2D eigenvalue weighted by Crippen LogP contribution is -2.51. The highest BCUT2D eigenvalue weighted by molar-refractivity contribution is 6.07. The first-order valence-corrected chi connectivity index (χ1v) is 11.0. The van der Waals surface area contributed by atoms with Gasteiger partial charge in [-0.05, 0) is 61.7 Å². The van der Waals surface area contributed by atoms with E-state index in [1.54, 1.807) is 18.2 Å². The molecular formula is C25H30N4O4. The Labute approximate surface area is 193 Å². The van der Waals surface area contributed by atoms with E-state index in [1.807, 2.05) is 6.07 Å². The van der Waals surface area contributed by atoms with Crippen LogP contribution in [0.5, 0.6) is 0 Å². The molecule has 2 aromatic rings. The molecule has 1 saturated heterocycles. The molecule has 4 N–H and O–H groups in total. The summed E-state index contributed by atoms with van der Waals surface area (Å²) in [6, 6.07) is 15.1. The van der Waals surface area contributed by atoms with Crippen molar-refractivity contribution >= 4 is 24.1 Å². The monoisotopic (exact) mass is 450 g/mol. The van der Waals surface area contributed by atoms with Crippen LogP contribution in [0.3, 0.4) is 0 Å². The van der Waals surface area contributed by atoms with E-state index in [1.165, 1.54) is 5.56 Å².